The first kappa shape index (κ1) is 15.2. The summed E-state index contributed by atoms with van der Waals surface area (Å²) in [5.41, 5.74) is 0. The van der Waals surface area contributed by atoms with Crippen LogP contribution < -0.4 is 5.32 Å². The van der Waals surface area contributed by atoms with Gasteiger partial charge in [0.25, 0.3) is 0 Å². The Morgan fingerprint density at radius 2 is 2.00 bits per heavy atom. The van der Waals surface area contributed by atoms with Crippen LogP contribution >= 0.6 is 0 Å². The Kier molecular flexibility index (Phi) is 5.40. The zero-order valence-electron chi connectivity index (χ0n) is 10.6. The van der Waals surface area contributed by atoms with Crippen LogP contribution in [0.5, 0.6) is 0 Å². The minimum Gasteiger partial charge on any atom is -0.370 e. The van der Waals surface area contributed by atoms with Crippen LogP contribution in [0.3, 0.4) is 0 Å². The van der Waals surface area contributed by atoms with E-state index in [2.05, 4.69) is 10.1 Å². The van der Waals surface area contributed by atoms with E-state index in [0.29, 0.717) is 6.42 Å². The van der Waals surface area contributed by atoms with E-state index in [4.69, 9.17) is 0 Å². The number of halogens is 3. The van der Waals surface area contributed by atoms with E-state index < -0.39 is 12.8 Å². The van der Waals surface area contributed by atoms with Gasteiger partial charge in [-0.3, -0.25) is 10.1 Å². The zero-order valence-corrected chi connectivity index (χ0v) is 10.6. The van der Waals surface area contributed by atoms with Crippen molar-refractivity contribution in [2.75, 3.05) is 19.8 Å². The normalized spacial score (nSPS) is 24.9. The van der Waals surface area contributed by atoms with Crippen LogP contribution in [-0.2, 0) is 9.53 Å². The number of carbonyl (C=O) groups excluding carboxylic acids is 1. The lowest BCUT2D eigenvalue weighted by Crippen LogP contribution is -2.39. The first-order valence-corrected chi connectivity index (χ1v) is 6.10. The van der Waals surface area contributed by atoms with Gasteiger partial charge in [0, 0.05) is 6.54 Å². The minimum atomic E-state index is -4.32. The lowest BCUT2D eigenvalue weighted by Gasteiger charge is -2.23. The summed E-state index contributed by atoms with van der Waals surface area (Å²) in [7, 11) is 0. The SMILES string of the molecule is CCC1NC(CC)N(CCOCC(F)(F)F)C1=O. The number of alkyl halides is 3. The van der Waals surface area contributed by atoms with Gasteiger partial charge in [-0.25, -0.2) is 0 Å². The quantitative estimate of drug-likeness (QED) is 0.742. The average molecular weight is 268 g/mol. The predicted octanol–water partition coefficient (Wildman–Crippen LogP) is 1.51. The van der Waals surface area contributed by atoms with E-state index in [-0.39, 0.29) is 31.3 Å². The van der Waals surface area contributed by atoms with E-state index in [1.807, 2.05) is 13.8 Å². The van der Waals surface area contributed by atoms with E-state index in [1.165, 1.54) is 0 Å². The molecule has 1 aliphatic rings. The molecule has 2 atom stereocenters. The molecule has 0 bridgehead atoms. The smallest absolute Gasteiger partial charge is 0.370 e. The van der Waals surface area contributed by atoms with Gasteiger partial charge >= 0.3 is 6.18 Å². The number of hydrogen-bond acceptors (Lipinski definition) is 3. The van der Waals surface area contributed by atoms with Gasteiger partial charge in [-0.1, -0.05) is 13.8 Å². The Hall–Kier alpha value is -0.820. The summed E-state index contributed by atoms with van der Waals surface area (Å²) in [6, 6.07) is -0.224. The van der Waals surface area contributed by atoms with Gasteiger partial charge in [-0.15, -0.1) is 0 Å². The largest absolute Gasteiger partial charge is 0.411 e. The molecule has 1 amide bonds. The van der Waals surface area contributed by atoms with Crippen molar-refractivity contribution in [3.8, 4) is 0 Å². The summed E-state index contributed by atoms with van der Waals surface area (Å²) in [5.74, 6) is -0.0556. The standard InChI is InChI=1S/C11H19F3N2O2/c1-3-8-10(17)16(9(4-2)15-8)5-6-18-7-11(12,13)14/h8-9,15H,3-7H2,1-2H3. The molecule has 1 aliphatic heterocycles. The molecular weight excluding hydrogens is 249 g/mol. The topological polar surface area (TPSA) is 41.6 Å². The molecular formula is C11H19F3N2O2. The van der Waals surface area contributed by atoms with Crippen molar-refractivity contribution in [2.24, 2.45) is 0 Å². The third-order valence-corrected chi connectivity index (χ3v) is 2.89. The number of rotatable bonds is 6. The molecule has 1 N–H and O–H groups in total. The monoisotopic (exact) mass is 268 g/mol. The average Bonchev–Trinajstić information content (AvgIpc) is 2.60. The van der Waals surface area contributed by atoms with Gasteiger partial charge in [0.05, 0.1) is 18.8 Å². The van der Waals surface area contributed by atoms with Crippen LogP contribution in [-0.4, -0.2) is 48.9 Å². The Morgan fingerprint density at radius 3 is 2.50 bits per heavy atom. The number of hydrogen-bond donors (Lipinski definition) is 1. The minimum absolute atomic E-state index is 0.0556. The van der Waals surface area contributed by atoms with Gasteiger partial charge in [0.1, 0.15) is 6.61 Å². The van der Waals surface area contributed by atoms with Crippen molar-refractivity contribution in [2.45, 2.75) is 45.1 Å². The molecule has 1 heterocycles. The predicted molar refractivity (Wildman–Crippen MR) is 59.9 cm³/mol. The molecule has 4 nitrogen and oxygen atoms in total. The van der Waals surface area contributed by atoms with Crippen molar-refractivity contribution in [1.82, 2.24) is 10.2 Å². The molecule has 106 valence electrons. The van der Waals surface area contributed by atoms with Crippen LogP contribution in [0.1, 0.15) is 26.7 Å². The summed E-state index contributed by atoms with van der Waals surface area (Å²) in [5, 5.41) is 3.15. The molecule has 0 aromatic heterocycles. The van der Waals surface area contributed by atoms with Crippen LogP contribution in [0.25, 0.3) is 0 Å². The number of nitrogens with zero attached hydrogens (tertiary/aromatic N) is 1. The van der Waals surface area contributed by atoms with Gasteiger partial charge in [0.15, 0.2) is 0 Å². The van der Waals surface area contributed by atoms with Crippen molar-refractivity contribution in [3.05, 3.63) is 0 Å². The van der Waals surface area contributed by atoms with Crippen LogP contribution in [0, 0.1) is 0 Å². The lowest BCUT2D eigenvalue weighted by atomic mass is 10.2. The first-order valence-electron chi connectivity index (χ1n) is 6.10. The molecule has 0 aliphatic carbocycles. The molecule has 1 rings (SSSR count). The zero-order chi connectivity index (χ0) is 13.8. The lowest BCUT2D eigenvalue weighted by molar-refractivity contribution is -0.175. The summed E-state index contributed by atoms with van der Waals surface area (Å²) in [4.78, 5) is 13.4. The maximum absolute atomic E-state index is 11.9. The highest BCUT2D eigenvalue weighted by atomic mass is 19.4. The maximum Gasteiger partial charge on any atom is 0.411 e. The Bertz CT molecular complexity index is 284. The number of amides is 1. The molecule has 0 aromatic rings. The Labute approximate surface area is 104 Å². The van der Waals surface area contributed by atoms with Gasteiger partial charge in [-0.2, -0.15) is 13.2 Å². The number of carbonyl (C=O) groups is 1. The summed E-state index contributed by atoms with van der Waals surface area (Å²) < 4.78 is 40.1. The van der Waals surface area contributed by atoms with Crippen LogP contribution in [0.4, 0.5) is 13.2 Å². The molecule has 0 saturated carbocycles. The van der Waals surface area contributed by atoms with E-state index in [9.17, 15) is 18.0 Å². The summed E-state index contributed by atoms with van der Waals surface area (Å²) in [6.07, 6.45) is -3.02. The van der Waals surface area contributed by atoms with Gasteiger partial charge in [-0.05, 0) is 12.8 Å². The molecule has 1 fully saturated rings. The molecule has 0 spiro atoms. The van der Waals surface area contributed by atoms with E-state index in [0.717, 1.165) is 6.42 Å². The van der Waals surface area contributed by atoms with E-state index >= 15 is 0 Å². The second-order valence-corrected chi connectivity index (χ2v) is 4.25. The maximum atomic E-state index is 11.9. The van der Waals surface area contributed by atoms with Gasteiger partial charge < -0.3 is 9.64 Å². The highest BCUT2D eigenvalue weighted by Crippen LogP contribution is 2.16. The molecule has 18 heavy (non-hydrogen) atoms. The molecule has 0 radical (unpaired) electrons. The van der Waals surface area contributed by atoms with Crippen molar-refractivity contribution >= 4 is 5.91 Å². The number of ether oxygens (including phenoxy) is 1. The molecule has 2 unspecified atom stereocenters. The second kappa shape index (κ2) is 6.38. The fraction of sp³-hybridized carbons (Fsp3) is 0.909. The van der Waals surface area contributed by atoms with Crippen LogP contribution in [0.15, 0.2) is 0 Å². The summed E-state index contributed by atoms with van der Waals surface area (Å²) in [6.45, 7) is 2.64. The first-order chi connectivity index (χ1) is 8.39. The molecule has 7 heteroatoms. The second-order valence-electron chi connectivity index (χ2n) is 4.25. The fourth-order valence-electron chi connectivity index (χ4n) is 1.99. The van der Waals surface area contributed by atoms with Gasteiger partial charge in [0.2, 0.25) is 5.91 Å². The Morgan fingerprint density at radius 1 is 1.33 bits per heavy atom. The highest BCUT2D eigenvalue weighted by Gasteiger charge is 2.36. The number of nitrogens with one attached hydrogen (secondary N) is 1. The Balaban J connectivity index is 2.38. The van der Waals surface area contributed by atoms with Crippen LogP contribution in [0.2, 0.25) is 0 Å². The third kappa shape index (κ3) is 4.13. The van der Waals surface area contributed by atoms with E-state index in [1.54, 1.807) is 4.90 Å². The fourth-order valence-corrected chi connectivity index (χ4v) is 1.99. The van der Waals surface area contributed by atoms with Crippen molar-refractivity contribution < 1.29 is 22.7 Å². The third-order valence-electron chi connectivity index (χ3n) is 2.89. The van der Waals surface area contributed by atoms with Crippen molar-refractivity contribution in [1.29, 1.82) is 0 Å². The summed E-state index contributed by atoms with van der Waals surface area (Å²) >= 11 is 0. The van der Waals surface area contributed by atoms with Crippen molar-refractivity contribution in [3.63, 3.8) is 0 Å². The highest BCUT2D eigenvalue weighted by molar-refractivity contribution is 5.84. The molecule has 1 saturated heterocycles. The molecule has 0 aromatic carbocycles.